The van der Waals surface area contributed by atoms with Gasteiger partial charge in [0.15, 0.2) is 11.5 Å². The highest BCUT2D eigenvalue weighted by Gasteiger charge is 2.19. The molecule has 1 N–H and O–H groups in total. The van der Waals surface area contributed by atoms with E-state index in [9.17, 15) is 4.79 Å². The topological polar surface area (TPSA) is 70.7 Å². The van der Waals surface area contributed by atoms with Gasteiger partial charge in [-0.3, -0.25) is 4.79 Å². The number of hydrogen-bond donors (Lipinski definition) is 1. The standard InChI is InChI=1S/C24H28N4O3/c1-3-31-21-11-9-18(17-22(21)30-2)10-12-23(29)27-13-6-14-28(16-15-27)24-25-19-7-4-5-8-20(19)26-24/h4-5,7-12,17H,3,6,13-16H2,1-2H3,(H,25,26)/b12-10+. The lowest BCUT2D eigenvalue weighted by Crippen LogP contribution is -2.34. The largest absolute Gasteiger partial charge is 0.493 e. The average molecular weight is 421 g/mol. The van der Waals surface area contributed by atoms with Crippen molar-refractivity contribution in [2.45, 2.75) is 13.3 Å². The van der Waals surface area contributed by atoms with E-state index in [0.29, 0.717) is 24.7 Å². The zero-order valence-corrected chi connectivity index (χ0v) is 18.0. The highest BCUT2D eigenvalue weighted by molar-refractivity contribution is 5.92. The number of imidazole rings is 1. The lowest BCUT2D eigenvalue weighted by atomic mass is 10.2. The summed E-state index contributed by atoms with van der Waals surface area (Å²) in [6, 6.07) is 13.7. The highest BCUT2D eigenvalue weighted by Crippen LogP contribution is 2.28. The number of methoxy groups -OCH3 is 1. The molecule has 1 aliphatic rings. The first-order valence-corrected chi connectivity index (χ1v) is 10.7. The molecule has 0 bridgehead atoms. The number of anilines is 1. The molecule has 1 amide bonds. The Morgan fingerprint density at radius 3 is 2.81 bits per heavy atom. The molecule has 3 aromatic rings. The van der Waals surface area contributed by atoms with Crippen LogP contribution in [0.25, 0.3) is 17.1 Å². The van der Waals surface area contributed by atoms with Crippen molar-refractivity contribution in [2.24, 2.45) is 0 Å². The third kappa shape index (κ3) is 4.82. The number of hydrogen-bond acceptors (Lipinski definition) is 5. The van der Waals surface area contributed by atoms with Crippen molar-refractivity contribution in [3.63, 3.8) is 0 Å². The van der Waals surface area contributed by atoms with Gasteiger partial charge in [-0.15, -0.1) is 0 Å². The van der Waals surface area contributed by atoms with E-state index in [0.717, 1.165) is 48.6 Å². The Morgan fingerprint density at radius 1 is 1.13 bits per heavy atom. The number of fused-ring (bicyclic) bond motifs is 1. The second kappa shape index (κ2) is 9.55. The number of ether oxygens (including phenoxy) is 2. The smallest absolute Gasteiger partial charge is 0.246 e. The summed E-state index contributed by atoms with van der Waals surface area (Å²) in [5.74, 6) is 2.24. The Hall–Kier alpha value is -3.48. The highest BCUT2D eigenvalue weighted by atomic mass is 16.5. The van der Waals surface area contributed by atoms with E-state index in [1.165, 1.54) is 0 Å². The number of nitrogens with one attached hydrogen (secondary N) is 1. The maximum Gasteiger partial charge on any atom is 0.246 e. The van der Waals surface area contributed by atoms with Crippen molar-refractivity contribution in [3.8, 4) is 11.5 Å². The fourth-order valence-electron chi connectivity index (χ4n) is 3.77. The first-order chi connectivity index (χ1) is 15.2. The minimum atomic E-state index is 0.0132. The number of aromatic amines is 1. The van der Waals surface area contributed by atoms with Crippen LogP contribution in [0.4, 0.5) is 5.95 Å². The molecule has 2 heterocycles. The number of carbonyl (C=O) groups excluding carboxylic acids is 1. The SMILES string of the molecule is CCOc1ccc(/C=C/C(=O)N2CCCN(c3nc4ccccc4[nH]3)CC2)cc1OC. The summed E-state index contributed by atoms with van der Waals surface area (Å²) in [7, 11) is 1.61. The Kier molecular flexibility index (Phi) is 6.40. The van der Waals surface area contributed by atoms with Gasteiger partial charge in [0, 0.05) is 32.3 Å². The van der Waals surface area contributed by atoms with Crippen LogP contribution in [0.3, 0.4) is 0 Å². The molecule has 0 radical (unpaired) electrons. The van der Waals surface area contributed by atoms with E-state index < -0.39 is 0 Å². The predicted octanol–water partition coefficient (Wildman–Crippen LogP) is 3.72. The van der Waals surface area contributed by atoms with Gasteiger partial charge in [0.2, 0.25) is 11.9 Å². The van der Waals surface area contributed by atoms with Crippen LogP contribution in [-0.4, -0.2) is 60.7 Å². The molecule has 1 saturated heterocycles. The van der Waals surface area contributed by atoms with Crippen molar-refractivity contribution in [1.82, 2.24) is 14.9 Å². The van der Waals surface area contributed by atoms with E-state index in [1.807, 2.05) is 60.4 Å². The first-order valence-electron chi connectivity index (χ1n) is 10.7. The zero-order chi connectivity index (χ0) is 21.6. The van der Waals surface area contributed by atoms with Crippen LogP contribution in [0.1, 0.15) is 18.9 Å². The van der Waals surface area contributed by atoms with Crippen molar-refractivity contribution in [1.29, 1.82) is 0 Å². The molecule has 0 aliphatic carbocycles. The van der Waals surface area contributed by atoms with Crippen LogP contribution in [0.5, 0.6) is 11.5 Å². The fourth-order valence-corrected chi connectivity index (χ4v) is 3.77. The van der Waals surface area contributed by atoms with Crippen LogP contribution in [0.15, 0.2) is 48.5 Å². The summed E-state index contributed by atoms with van der Waals surface area (Å²) in [5.41, 5.74) is 2.89. The van der Waals surface area contributed by atoms with E-state index in [1.54, 1.807) is 13.2 Å². The van der Waals surface area contributed by atoms with Crippen LogP contribution in [0.2, 0.25) is 0 Å². The lowest BCUT2D eigenvalue weighted by Gasteiger charge is -2.20. The summed E-state index contributed by atoms with van der Waals surface area (Å²) >= 11 is 0. The van der Waals surface area contributed by atoms with E-state index >= 15 is 0 Å². The van der Waals surface area contributed by atoms with E-state index in [-0.39, 0.29) is 5.91 Å². The number of amides is 1. The summed E-state index contributed by atoms with van der Waals surface area (Å²) in [4.78, 5) is 25.0. The minimum absolute atomic E-state index is 0.0132. The molecule has 0 unspecified atom stereocenters. The van der Waals surface area contributed by atoms with Gasteiger partial charge >= 0.3 is 0 Å². The summed E-state index contributed by atoms with van der Waals surface area (Å²) < 4.78 is 10.9. The van der Waals surface area contributed by atoms with Gasteiger partial charge < -0.3 is 24.3 Å². The van der Waals surface area contributed by atoms with Gasteiger partial charge in [-0.25, -0.2) is 4.98 Å². The second-order valence-electron chi connectivity index (χ2n) is 7.42. The van der Waals surface area contributed by atoms with Crippen LogP contribution in [-0.2, 0) is 4.79 Å². The molecule has 0 atom stereocenters. The molecule has 1 aliphatic heterocycles. The van der Waals surface area contributed by atoms with Gasteiger partial charge in [-0.05, 0) is 49.2 Å². The van der Waals surface area contributed by atoms with Gasteiger partial charge in [0.1, 0.15) is 0 Å². The Morgan fingerprint density at radius 2 is 2.00 bits per heavy atom. The fraction of sp³-hybridized carbons (Fsp3) is 0.333. The minimum Gasteiger partial charge on any atom is -0.493 e. The number of benzene rings is 2. The van der Waals surface area contributed by atoms with E-state index in [2.05, 4.69) is 9.88 Å². The lowest BCUT2D eigenvalue weighted by molar-refractivity contribution is -0.125. The average Bonchev–Trinajstić information content (AvgIpc) is 3.07. The molecule has 7 heteroatoms. The Labute approximate surface area is 182 Å². The maximum absolute atomic E-state index is 12.8. The zero-order valence-electron chi connectivity index (χ0n) is 18.0. The normalized spacial score (nSPS) is 14.8. The molecule has 0 saturated carbocycles. The Bertz CT molecular complexity index is 1040. The Balaban J connectivity index is 1.39. The summed E-state index contributed by atoms with van der Waals surface area (Å²) in [5, 5.41) is 0. The maximum atomic E-state index is 12.8. The summed E-state index contributed by atoms with van der Waals surface area (Å²) in [6.07, 6.45) is 4.35. The molecular weight excluding hydrogens is 392 g/mol. The van der Waals surface area contributed by atoms with E-state index in [4.69, 9.17) is 14.5 Å². The number of aromatic nitrogens is 2. The van der Waals surface area contributed by atoms with Gasteiger partial charge in [-0.1, -0.05) is 18.2 Å². The molecular formula is C24H28N4O3. The molecule has 1 aromatic heterocycles. The third-order valence-electron chi connectivity index (χ3n) is 5.39. The molecule has 162 valence electrons. The number of nitrogens with zero attached hydrogens (tertiary/aromatic N) is 3. The molecule has 1 fully saturated rings. The van der Waals surface area contributed by atoms with Gasteiger partial charge in [0.25, 0.3) is 0 Å². The summed E-state index contributed by atoms with van der Waals surface area (Å²) in [6.45, 7) is 5.51. The third-order valence-corrected chi connectivity index (χ3v) is 5.39. The monoisotopic (exact) mass is 420 g/mol. The van der Waals surface area contributed by atoms with Gasteiger partial charge in [-0.2, -0.15) is 0 Å². The molecule has 2 aromatic carbocycles. The molecule has 7 nitrogen and oxygen atoms in total. The van der Waals surface area contributed by atoms with Crippen LogP contribution >= 0.6 is 0 Å². The van der Waals surface area contributed by atoms with Crippen molar-refractivity contribution in [3.05, 3.63) is 54.1 Å². The number of H-pyrrole nitrogens is 1. The first kappa shape index (κ1) is 20.8. The van der Waals surface area contributed by atoms with Crippen molar-refractivity contribution >= 4 is 29.0 Å². The second-order valence-corrected chi connectivity index (χ2v) is 7.42. The van der Waals surface area contributed by atoms with Gasteiger partial charge in [0.05, 0.1) is 24.8 Å². The number of para-hydroxylation sites is 2. The van der Waals surface area contributed by atoms with Crippen LogP contribution < -0.4 is 14.4 Å². The van der Waals surface area contributed by atoms with Crippen molar-refractivity contribution < 1.29 is 14.3 Å². The van der Waals surface area contributed by atoms with Crippen molar-refractivity contribution in [2.75, 3.05) is 44.8 Å². The predicted molar refractivity (Wildman–Crippen MR) is 123 cm³/mol. The number of carbonyl (C=O) groups is 1. The molecule has 31 heavy (non-hydrogen) atoms. The molecule has 4 rings (SSSR count). The number of rotatable bonds is 6. The quantitative estimate of drug-likeness (QED) is 0.616. The molecule has 0 spiro atoms. The van der Waals surface area contributed by atoms with Crippen LogP contribution in [0, 0.1) is 0 Å².